The molecule has 0 aliphatic heterocycles. The summed E-state index contributed by atoms with van der Waals surface area (Å²) in [5.41, 5.74) is 11.5. The van der Waals surface area contributed by atoms with Crippen LogP contribution < -0.4 is 4.90 Å². The van der Waals surface area contributed by atoms with E-state index in [1.165, 1.54) is 25.6 Å². The molecular weight excluding hydrogens is 703 g/mol. The predicted molar refractivity (Wildman–Crippen MR) is 237 cm³/mol. The smallest absolute Gasteiger partial charge is 0.143 e. The van der Waals surface area contributed by atoms with Crippen molar-refractivity contribution in [2.75, 3.05) is 4.90 Å². The molecule has 0 radical (unpaired) electrons. The van der Waals surface area contributed by atoms with E-state index in [-0.39, 0.29) is 0 Å². The number of fused-ring (bicyclic) bond motifs is 11. The number of nitrogens with zero attached hydrogens (tertiary/aromatic N) is 1. The van der Waals surface area contributed by atoms with Gasteiger partial charge in [-0.1, -0.05) is 115 Å². The van der Waals surface area contributed by atoms with Crippen molar-refractivity contribution in [2.45, 2.75) is 0 Å². The molecule has 0 saturated heterocycles. The van der Waals surface area contributed by atoms with Gasteiger partial charge >= 0.3 is 0 Å². The zero-order chi connectivity index (χ0) is 36.7. The van der Waals surface area contributed by atoms with Crippen LogP contribution in [0, 0.1) is 0 Å². The number of hydrogen-bond acceptors (Lipinski definition) is 4. The Hall–Kier alpha value is -7.14. The maximum absolute atomic E-state index is 6.53. The molecule has 56 heavy (non-hydrogen) atoms. The van der Waals surface area contributed by atoms with Gasteiger partial charge in [-0.25, -0.2) is 0 Å². The Morgan fingerprint density at radius 2 is 0.929 bits per heavy atom. The summed E-state index contributed by atoms with van der Waals surface area (Å²) >= 11 is 1.84. The van der Waals surface area contributed by atoms with Crippen LogP contribution in [-0.2, 0) is 0 Å². The third kappa shape index (κ3) is 4.76. The number of rotatable bonds is 5. The highest BCUT2D eigenvalue weighted by Crippen LogP contribution is 2.44. The average Bonchev–Trinajstić information content (AvgIpc) is 3.96. The Labute approximate surface area is 325 Å². The van der Waals surface area contributed by atoms with Crippen LogP contribution >= 0.6 is 11.3 Å². The van der Waals surface area contributed by atoms with Crippen molar-refractivity contribution in [3.63, 3.8) is 0 Å². The number of benzene rings is 9. The Kier molecular flexibility index (Phi) is 6.80. The Bertz CT molecular complexity index is 3480. The van der Waals surface area contributed by atoms with Gasteiger partial charge in [0.1, 0.15) is 22.3 Å². The summed E-state index contributed by atoms with van der Waals surface area (Å²) in [5.74, 6) is 0. The molecule has 0 fully saturated rings. The topological polar surface area (TPSA) is 29.5 Å². The van der Waals surface area contributed by atoms with Gasteiger partial charge in [-0.2, -0.15) is 0 Å². The summed E-state index contributed by atoms with van der Waals surface area (Å²) < 4.78 is 15.4. The highest BCUT2D eigenvalue weighted by atomic mass is 32.1. The van der Waals surface area contributed by atoms with Crippen LogP contribution in [0.3, 0.4) is 0 Å². The van der Waals surface area contributed by atoms with Gasteiger partial charge in [0.15, 0.2) is 0 Å². The van der Waals surface area contributed by atoms with Gasteiger partial charge in [-0.3, -0.25) is 0 Å². The maximum Gasteiger partial charge on any atom is 0.143 e. The van der Waals surface area contributed by atoms with Crippen LogP contribution in [0.1, 0.15) is 0 Å². The third-order valence-corrected chi connectivity index (χ3v) is 12.4. The fraction of sp³-hybridized carbons (Fsp3) is 0. The fourth-order valence-electron chi connectivity index (χ4n) is 8.69. The first-order valence-corrected chi connectivity index (χ1v) is 19.7. The second-order valence-corrected chi connectivity index (χ2v) is 15.5. The molecular formula is C52H31NO2S. The standard InChI is InChI=1S/C52H31NO2S/c1-2-10-40-32(9-1)23-29-43-51-39(14-8-17-47(51)55-52(40)43)34-21-26-36(27-22-34)53(37-28-30-49-44(31-37)41-11-4-6-18-48(41)56-49)35-24-19-33(20-25-35)38-13-7-16-46-50(38)42-12-3-5-15-45(42)54-46/h1-31H. The Morgan fingerprint density at radius 3 is 1.68 bits per heavy atom. The number of para-hydroxylation sites is 1. The van der Waals surface area contributed by atoms with Gasteiger partial charge in [-0.15, -0.1) is 11.3 Å². The third-order valence-electron chi connectivity index (χ3n) is 11.3. The molecule has 0 spiro atoms. The molecule has 3 aromatic heterocycles. The first kappa shape index (κ1) is 31.2. The minimum Gasteiger partial charge on any atom is -0.456 e. The first-order valence-electron chi connectivity index (χ1n) is 18.9. The summed E-state index contributed by atoms with van der Waals surface area (Å²) in [5, 5.41) is 9.42. The van der Waals surface area contributed by atoms with Crippen molar-refractivity contribution in [2.24, 2.45) is 0 Å². The molecule has 0 bridgehead atoms. The molecule has 3 nitrogen and oxygen atoms in total. The number of furan rings is 2. The van der Waals surface area contributed by atoms with Gasteiger partial charge < -0.3 is 13.7 Å². The SMILES string of the molecule is c1ccc2c(c1)ccc1c2oc2cccc(-c3ccc(N(c4ccc(-c5cccc6oc7ccccc7c56)cc4)c4ccc5sc6ccccc6c5c4)cc3)c21. The lowest BCUT2D eigenvalue weighted by Gasteiger charge is -2.26. The Morgan fingerprint density at radius 1 is 0.357 bits per heavy atom. The number of anilines is 3. The second kappa shape index (κ2) is 12.2. The average molecular weight is 734 g/mol. The van der Waals surface area contributed by atoms with E-state index in [0.717, 1.165) is 88.6 Å². The van der Waals surface area contributed by atoms with Gasteiger partial charge in [0.25, 0.3) is 0 Å². The summed E-state index contributed by atoms with van der Waals surface area (Å²) in [6.45, 7) is 0. The van der Waals surface area contributed by atoms with Crippen molar-refractivity contribution in [3.8, 4) is 22.3 Å². The molecule has 0 unspecified atom stereocenters. The summed E-state index contributed by atoms with van der Waals surface area (Å²) in [7, 11) is 0. The summed E-state index contributed by atoms with van der Waals surface area (Å²) in [6.07, 6.45) is 0. The maximum atomic E-state index is 6.53. The predicted octanol–water partition coefficient (Wildman–Crippen LogP) is 15.8. The van der Waals surface area contributed by atoms with Crippen LogP contribution in [0.2, 0.25) is 0 Å². The summed E-state index contributed by atoms with van der Waals surface area (Å²) in [4.78, 5) is 2.37. The Balaban J connectivity index is 0.996. The molecule has 0 aliphatic rings. The second-order valence-electron chi connectivity index (χ2n) is 14.4. The molecule has 12 rings (SSSR count). The van der Waals surface area contributed by atoms with Gasteiger partial charge in [0.2, 0.25) is 0 Å². The zero-order valence-electron chi connectivity index (χ0n) is 30.1. The molecule has 0 amide bonds. The first-order chi connectivity index (χ1) is 27.7. The molecule has 0 N–H and O–H groups in total. The van der Waals surface area contributed by atoms with E-state index in [4.69, 9.17) is 8.83 Å². The van der Waals surface area contributed by atoms with E-state index in [9.17, 15) is 0 Å². The largest absolute Gasteiger partial charge is 0.456 e. The van der Waals surface area contributed by atoms with Crippen molar-refractivity contribution >= 4 is 103 Å². The van der Waals surface area contributed by atoms with Crippen LogP contribution in [0.4, 0.5) is 17.1 Å². The zero-order valence-corrected chi connectivity index (χ0v) is 30.9. The van der Waals surface area contributed by atoms with E-state index in [2.05, 4.69) is 181 Å². The molecule has 4 heteroatoms. The minimum atomic E-state index is 0.898. The minimum absolute atomic E-state index is 0.898. The van der Waals surface area contributed by atoms with E-state index in [1.54, 1.807) is 0 Å². The van der Waals surface area contributed by atoms with Gasteiger partial charge in [0.05, 0.1) is 0 Å². The lowest BCUT2D eigenvalue weighted by Crippen LogP contribution is -2.09. The molecule has 262 valence electrons. The molecule has 3 heterocycles. The lowest BCUT2D eigenvalue weighted by atomic mass is 9.97. The van der Waals surface area contributed by atoms with Gasteiger partial charge in [0, 0.05) is 64.2 Å². The van der Waals surface area contributed by atoms with E-state index in [0.29, 0.717) is 0 Å². The molecule has 0 saturated carbocycles. The van der Waals surface area contributed by atoms with Crippen LogP contribution in [0.25, 0.3) is 97.1 Å². The molecule has 12 aromatic rings. The number of thiophene rings is 1. The summed E-state index contributed by atoms with van der Waals surface area (Å²) in [6, 6.07) is 67.3. The molecule has 0 aliphatic carbocycles. The highest BCUT2D eigenvalue weighted by molar-refractivity contribution is 7.25. The molecule has 0 atom stereocenters. The van der Waals surface area contributed by atoms with E-state index < -0.39 is 0 Å². The van der Waals surface area contributed by atoms with Crippen molar-refractivity contribution in [3.05, 3.63) is 188 Å². The quantitative estimate of drug-likeness (QED) is 0.176. The normalized spacial score (nSPS) is 11.9. The number of hydrogen-bond donors (Lipinski definition) is 0. The monoisotopic (exact) mass is 733 g/mol. The van der Waals surface area contributed by atoms with Crippen molar-refractivity contribution in [1.82, 2.24) is 0 Å². The van der Waals surface area contributed by atoms with Gasteiger partial charge in [-0.05, 0) is 100 Å². The van der Waals surface area contributed by atoms with Crippen molar-refractivity contribution in [1.29, 1.82) is 0 Å². The van der Waals surface area contributed by atoms with Crippen LogP contribution in [-0.4, -0.2) is 0 Å². The fourth-order valence-corrected chi connectivity index (χ4v) is 9.78. The molecule has 9 aromatic carbocycles. The van der Waals surface area contributed by atoms with E-state index >= 15 is 0 Å². The van der Waals surface area contributed by atoms with Crippen LogP contribution in [0.15, 0.2) is 197 Å². The van der Waals surface area contributed by atoms with Crippen LogP contribution in [0.5, 0.6) is 0 Å². The van der Waals surface area contributed by atoms with E-state index in [1.807, 2.05) is 23.5 Å². The highest BCUT2D eigenvalue weighted by Gasteiger charge is 2.19. The van der Waals surface area contributed by atoms with Crippen molar-refractivity contribution < 1.29 is 8.83 Å². The lowest BCUT2D eigenvalue weighted by molar-refractivity contribution is 0.669.